The smallest absolute Gasteiger partial charge is 0.170 e. The zero-order chi connectivity index (χ0) is 14.4. The highest BCUT2D eigenvalue weighted by Crippen LogP contribution is 2.23. The predicted molar refractivity (Wildman–Crippen MR) is 89.5 cm³/mol. The van der Waals surface area contributed by atoms with Crippen molar-refractivity contribution in [2.45, 2.75) is 32.1 Å². The zero-order valence-electron chi connectivity index (χ0n) is 11.2. The van der Waals surface area contributed by atoms with Crippen molar-refractivity contribution in [2.24, 2.45) is 0 Å². The first kappa shape index (κ1) is 15.4. The van der Waals surface area contributed by atoms with Crippen LogP contribution in [0, 0.1) is 5.82 Å². The SMILES string of the molecule is Fc1ccc(NC(=S)NCCC2=CCCCC2)c(Br)c1. The molecule has 0 aliphatic heterocycles. The number of allylic oxidation sites excluding steroid dienone is 1. The minimum Gasteiger partial charge on any atom is -0.362 e. The topological polar surface area (TPSA) is 24.1 Å². The molecule has 20 heavy (non-hydrogen) atoms. The van der Waals surface area contributed by atoms with Gasteiger partial charge >= 0.3 is 0 Å². The highest BCUT2D eigenvalue weighted by atomic mass is 79.9. The molecule has 0 fully saturated rings. The van der Waals surface area contributed by atoms with Crippen molar-refractivity contribution < 1.29 is 4.39 Å². The van der Waals surface area contributed by atoms with Crippen molar-refractivity contribution in [1.82, 2.24) is 5.32 Å². The van der Waals surface area contributed by atoms with E-state index in [4.69, 9.17) is 12.2 Å². The molecule has 0 heterocycles. The fourth-order valence-corrected chi connectivity index (χ4v) is 2.89. The molecule has 0 unspecified atom stereocenters. The van der Waals surface area contributed by atoms with Gasteiger partial charge in [0.15, 0.2) is 5.11 Å². The number of hydrogen-bond donors (Lipinski definition) is 2. The average Bonchev–Trinajstić information content (AvgIpc) is 2.43. The van der Waals surface area contributed by atoms with Gasteiger partial charge in [0.05, 0.1) is 5.69 Å². The lowest BCUT2D eigenvalue weighted by atomic mass is 9.97. The quantitative estimate of drug-likeness (QED) is 0.600. The Labute approximate surface area is 133 Å². The Bertz CT molecular complexity index is 517. The normalized spacial score (nSPS) is 14.6. The van der Waals surface area contributed by atoms with E-state index in [9.17, 15) is 4.39 Å². The van der Waals surface area contributed by atoms with E-state index < -0.39 is 0 Å². The lowest BCUT2D eigenvalue weighted by molar-refractivity contribution is 0.627. The summed E-state index contributed by atoms with van der Waals surface area (Å²) in [5.41, 5.74) is 2.29. The second kappa shape index (κ2) is 7.74. The lowest BCUT2D eigenvalue weighted by Crippen LogP contribution is -2.29. The summed E-state index contributed by atoms with van der Waals surface area (Å²) in [6.45, 7) is 0.830. The number of rotatable bonds is 4. The van der Waals surface area contributed by atoms with Crippen molar-refractivity contribution in [3.63, 3.8) is 0 Å². The van der Waals surface area contributed by atoms with Crippen molar-refractivity contribution >= 4 is 38.9 Å². The van der Waals surface area contributed by atoms with E-state index in [2.05, 4.69) is 32.6 Å². The molecule has 1 aromatic carbocycles. The zero-order valence-corrected chi connectivity index (χ0v) is 13.6. The Kier molecular flexibility index (Phi) is 5.98. The molecule has 0 atom stereocenters. The van der Waals surface area contributed by atoms with E-state index in [0.717, 1.165) is 18.7 Å². The van der Waals surface area contributed by atoms with Crippen molar-refractivity contribution in [1.29, 1.82) is 0 Å². The van der Waals surface area contributed by atoms with Gasteiger partial charge in [-0.2, -0.15) is 0 Å². The summed E-state index contributed by atoms with van der Waals surface area (Å²) in [6.07, 6.45) is 8.42. The van der Waals surface area contributed by atoms with Crippen LogP contribution in [0.3, 0.4) is 0 Å². The maximum Gasteiger partial charge on any atom is 0.170 e. The van der Waals surface area contributed by atoms with E-state index in [1.54, 1.807) is 6.07 Å². The predicted octanol–water partition coefficient (Wildman–Crippen LogP) is 4.77. The Morgan fingerprint density at radius 2 is 2.20 bits per heavy atom. The van der Waals surface area contributed by atoms with Crippen LogP contribution in [0.1, 0.15) is 32.1 Å². The van der Waals surface area contributed by atoms with Crippen LogP contribution in [-0.4, -0.2) is 11.7 Å². The van der Waals surface area contributed by atoms with E-state index in [-0.39, 0.29) is 5.82 Å². The number of nitrogens with one attached hydrogen (secondary N) is 2. The van der Waals surface area contributed by atoms with Gasteiger partial charge in [-0.05, 0) is 78.5 Å². The van der Waals surface area contributed by atoms with E-state index in [1.807, 2.05) is 0 Å². The van der Waals surface area contributed by atoms with E-state index >= 15 is 0 Å². The highest BCUT2D eigenvalue weighted by molar-refractivity contribution is 9.10. The Hall–Kier alpha value is -0.940. The monoisotopic (exact) mass is 356 g/mol. The molecule has 0 radical (unpaired) electrons. The molecule has 0 saturated heterocycles. The standard InChI is InChI=1S/C15H18BrFN2S/c16-13-10-12(17)6-7-14(13)19-15(20)18-9-8-11-4-2-1-3-5-11/h4,6-7,10H,1-3,5,8-9H2,(H2,18,19,20). The maximum atomic E-state index is 13.0. The van der Waals surface area contributed by atoms with Crippen LogP contribution < -0.4 is 10.6 Å². The van der Waals surface area contributed by atoms with Crippen LogP contribution in [0.4, 0.5) is 10.1 Å². The number of anilines is 1. The second-order valence-corrected chi connectivity index (χ2v) is 6.13. The average molecular weight is 357 g/mol. The van der Waals surface area contributed by atoms with Crippen LogP contribution in [-0.2, 0) is 0 Å². The van der Waals surface area contributed by atoms with Gasteiger partial charge in [0.2, 0.25) is 0 Å². The summed E-state index contributed by atoms with van der Waals surface area (Å²) in [5.74, 6) is -0.273. The van der Waals surface area contributed by atoms with Gasteiger partial charge in [-0.15, -0.1) is 0 Å². The Morgan fingerprint density at radius 1 is 1.35 bits per heavy atom. The van der Waals surface area contributed by atoms with Crippen LogP contribution >= 0.6 is 28.1 Å². The highest BCUT2D eigenvalue weighted by Gasteiger charge is 2.05. The van der Waals surface area contributed by atoms with Crippen LogP contribution in [0.15, 0.2) is 34.3 Å². The molecule has 1 aliphatic carbocycles. The van der Waals surface area contributed by atoms with Gasteiger partial charge < -0.3 is 10.6 Å². The lowest BCUT2D eigenvalue weighted by Gasteiger charge is -2.15. The minimum atomic E-state index is -0.273. The van der Waals surface area contributed by atoms with Crippen LogP contribution in [0.25, 0.3) is 0 Å². The molecule has 0 spiro atoms. The molecule has 2 N–H and O–H groups in total. The number of hydrogen-bond acceptors (Lipinski definition) is 1. The molecule has 1 aliphatic rings. The van der Waals surface area contributed by atoms with Gasteiger partial charge in [0.25, 0.3) is 0 Å². The van der Waals surface area contributed by atoms with Crippen molar-refractivity contribution in [3.8, 4) is 0 Å². The van der Waals surface area contributed by atoms with E-state index in [1.165, 1.54) is 43.4 Å². The Balaban J connectivity index is 1.76. The van der Waals surface area contributed by atoms with Gasteiger partial charge in [-0.1, -0.05) is 11.6 Å². The first-order valence-corrected chi connectivity index (χ1v) is 8.03. The molecule has 2 nitrogen and oxygen atoms in total. The summed E-state index contributed by atoms with van der Waals surface area (Å²) in [4.78, 5) is 0. The molecular weight excluding hydrogens is 339 g/mol. The van der Waals surface area contributed by atoms with Crippen molar-refractivity contribution in [3.05, 3.63) is 40.1 Å². The van der Waals surface area contributed by atoms with Gasteiger partial charge in [-0.25, -0.2) is 4.39 Å². The number of halogens is 2. The Morgan fingerprint density at radius 3 is 2.90 bits per heavy atom. The first-order chi connectivity index (χ1) is 9.65. The third kappa shape index (κ3) is 4.87. The largest absolute Gasteiger partial charge is 0.362 e. The molecule has 0 amide bonds. The van der Waals surface area contributed by atoms with Gasteiger partial charge in [-0.3, -0.25) is 0 Å². The summed E-state index contributed by atoms with van der Waals surface area (Å²) in [7, 11) is 0. The summed E-state index contributed by atoms with van der Waals surface area (Å²) in [5, 5.41) is 6.81. The molecule has 0 bridgehead atoms. The molecule has 5 heteroatoms. The molecule has 108 valence electrons. The summed E-state index contributed by atoms with van der Waals surface area (Å²) >= 11 is 8.55. The van der Waals surface area contributed by atoms with E-state index in [0.29, 0.717) is 9.59 Å². The van der Waals surface area contributed by atoms with Gasteiger partial charge in [0, 0.05) is 11.0 Å². The molecule has 0 aromatic heterocycles. The fourth-order valence-electron chi connectivity index (χ4n) is 2.23. The molecule has 0 saturated carbocycles. The minimum absolute atomic E-state index is 0.273. The number of thiocarbonyl (C=S) groups is 1. The third-order valence-corrected chi connectivity index (χ3v) is 4.20. The van der Waals surface area contributed by atoms with Crippen LogP contribution in [0.5, 0.6) is 0 Å². The summed E-state index contributed by atoms with van der Waals surface area (Å²) in [6, 6.07) is 4.48. The third-order valence-electron chi connectivity index (χ3n) is 3.30. The first-order valence-electron chi connectivity index (χ1n) is 6.83. The fraction of sp³-hybridized carbons (Fsp3) is 0.400. The molecular formula is C15H18BrFN2S. The second-order valence-electron chi connectivity index (χ2n) is 4.86. The van der Waals surface area contributed by atoms with Gasteiger partial charge in [0.1, 0.15) is 5.82 Å². The molecule has 1 aromatic rings. The van der Waals surface area contributed by atoms with Crippen LogP contribution in [0.2, 0.25) is 0 Å². The summed E-state index contributed by atoms with van der Waals surface area (Å²) < 4.78 is 13.6. The molecule has 2 rings (SSSR count). The van der Waals surface area contributed by atoms with Crippen molar-refractivity contribution in [2.75, 3.05) is 11.9 Å². The maximum absolute atomic E-state index is 13.0. The number of benzene rings is 1.